The maximum absolute atomic E-state index is 12.8. The zero-order valence-corrected chi connectivity index (χ0v) is 9.95. The number of aryl methyl sites for hydroxylation is 1. The van der Waals surface area contributed by atoms with Crippen LogP contribution in [0.25, 0.3) is 0 Å². The average Bonchev–Trinajstić information content (AvgIpc) is 3.09. The maximum atomic E-state index is 12.8. The predicted octanol–water partition coefficient (Wildman–Crippen LogP) is 1.63. The van der Waals surface area contributed by atoms with E-state index in [1.54, 1.807) is 13.0 Å². The lowest BCUT2D eigenvalue weighted by atomic mass is 10.2. The molecule has 1 aliphatic rings. The van der Waals surface area contributed by atoms with Crippen LogP contribution in [-0.2, 0) is 0 Å². The van der Waals surface area contributed by atoms with Gasteiger partial charge in [0.25, 0.3) is 0 Å². The van der Waals surface area contributed by atoms with Crippen LogP contribution in [0.5, 0.6) is 5.75 Å². The number of benzene rings is 1. The van der Waals surface area contributed by atoms with Crippen molar-refractivity contribution in [2.75, 3.05) is 13.2 Å². The minimum absolute atomic E-state index is 0.228. The van der Waals surface area contributed by atoms with Gasteiger partial charge in [-0.3, -0.25) is 0 Å². The fourth-order valence-electron chi connectivity index (χ4n) is 1.61. The van der Waals surface area contributed by atoms with Gasteiger partial charge in [0.15, 0.2) is 0 Å². The molecular formula is C13H18FNO2. The van der Waals surface area contributed by atoms with Crippen LogP contribution in [0.1, 0.15) is 18.4 Å². The largest absolute Gasteiger partial charge is 0.491 e. The summed E-state index contributed by atoms with van der Waals surface area (Å²) in [4.78, 5) is 0. The highest BCUT2D eigenvalue weighted by molar-refractivity contribution is 5.32. The lowest BCUT2D eigenvalue weighted by Gasteiger charge is -2.14. The highest BCUT2D eigenvalue weighted by Crippen LogP contribution is 2.19. The van der Waals surface area contributed by atoms with Crippen LogP contribution >= 0.6 is 0 Å². The van der Waals surface area contributed by atoms with Gasteiger partial charge < -0.3 is 15.2 Å². The molecule has 4 heteroatoms. The van der Waals surface area contributed by atoms with Crippen molar-refractivity contribution in [3.05, 3.63) is 29.6 Å². The van der Waals surface area contributed by atoms with E-state index in [4.69, 9.17) is 4.74 Å². The summed E-state index contributed by atoms with van der Waals surface area (Å²) in [5.74, 6) is 0.350. The molecule has 0 spiro atoms. The zero-order valence-electron chi connectivity index (χ0n) is 9.95. The van der Waals surface area contributed by atoms with E-state index in [2.05, 4.69) is 5.32 Å². The van der Waals surface area contributed by atoms with Crippen LogP contribution in [0.3, 0.4) is 0 Å². The number of rotatable bonds is 6. The molecule has 0 saturated heterocycles. The third-order valence-corrected chi connectivity index (χ3v) is 2.79. The molecule has 0 amide bonds. The van der Waals surface area contributed by atoms with E-state index in [1.165, 1.54) is 25.0 Å². The second-order valence-corrected chi connectivity index (χ2v) is 4.56. The van der Waals surface area contributed by atoms with Gasteiger partial charge in [0, 0.05) is 12.6 Å². The first-order chi connectivity index (χ1) is 8.15. The van der Waals surface area contributed by atoms with E-state index < -0.39 is 6.10 Å². The quantitative estimate of drug-likeness (QED) is 0.792. The van der Waals surface area contributed by atoms with Crippen molar-refractivity contribution < 1.29 is 14.2 Å². The van der Waals surface area contributed by atoms with Crippen LogP contribution < -0.4 is 10.1 Å². The number of halogens is 1. The van der Waals surface area contributed by atoms with Crippen LogP contribution in [0.2, 0.25) is 0 Å². The molecule has 2 rings (SSSR count). The number of hydrogen-bond donors (Lipinski definition) is 2. The molecule has 1 atom stereocenters. The van der Waals surface area contributed by atoms with Gasteiger partial charge >= 0.3 is 0 Å². The van der Waals surface area contributed by atoms with E-state index in [9.17, 15) is 9.50 Å². The van der Waals surface area contributed by atoms with Crippen LogP contribution in [0, 0.1) is 12.7 Å². The number of hydrogen-bond acceptors (Lipinski definition) is 3. The Kier molecular flexibility index (Phi) is 3.97. The molecule has 0 bridgehead atoms. The summed E-state index contributed by atoms with van der Waals surface area (Å²) in [7, 11) is 0. The Balaban J connectivity index is 1.75. The van der Waals surface area contributed by atoms with Crippen molar-refractivity contribution in [2.45, 2.75) is 31.9 Å². The average molecular weight is 239 g/mol. The van der Waals surface area contributed by atoms with Gasteiger partial charge in [-0.1, -0.05) is 0 Å². The van der Waals surface area contributed by atoms with Crippen molar-refractivity contribution in [2.24, 2.45) is 0 Å². The molecule has 3 nitrogen and oxygen atoms in total. The van der Waals surface area contributed by atoms with Gasteiger partial charge in [0.05, 0.1) is 0 Å². The van der Waals surface area contributed by atoms with Gasteiger partial charge in [0.2, 0.25) is 0 Å². The maximum Gasteiger partial charge on any atom is 0.123 e. The Morgan fingerprint density at radius 3 is 2.94 bits per heavy atom. The highest BCUT2D eigenvalue weighted by Gasteiger charge is 2.21. The topological polar surface area (TPSA) is 41.5 Å². The number of aliphatic hydroxyl groups excluding tert-OH is 1. The van der Waals surface area contributed by atoms with Crippen molar-refractivity contribution in [3.63, 3.8) is 0 Å². The van der Waals surface area contributed by atoms with Gasteiger partial charge in [-0.25, -0.2) is 4.39 Å². The van der Waals surface area contributed by atoms with Crippen LogP contribution in [0.15, 0.2) is 18.2 Å². The molecule has 1 aliphatic carbocycles. The number of ether oxygens (including phenoxy) is 1. The summed E-state index contributed by atoms with van der Waals surface area (Å²) < 4.78 is 18.3. The molecular weight excluding hydrogens is 221 g/mol. The van der Waals surface area contributed by atoms with Crippen molar-refractivity contribution >= 4 is 0 Å². The van der Waals surface area contributed by atoms with Crippen molar-refractivity contribution in [1.29, 1.82) is 0 Å². The summed E-state index contributed by atoms with van der Waals surface area (Å²) in [5, 5.41) is 12.9. The third kappa shape index (κ3) is 3.98. The molecule has 94 valence electrons. The fourth-order valence-corrected chi connectivity index (χ4v) is 1.61. The Morgan fingerprint density at radius 1 is 1.53 bits per heavy atom. The smallest absolute Gasteiger partial charge is 0.123 e. The molecule has 0 heterocycles. The predicted molar refractivity (Wildman–Crippen MR) is 63.7 cm³/mol. The van der Waals surface area contributed by atoms with E-state index in [0.29, 0.717) is 18.3 Å². The normalized spacial score (nSPS) is 16.9. The standard InChI is InChI=1S/C13H18FNO2/c1-9-6-10(14)2-5-13(9)17-8-12(16)7-15-11-3-4-11/h2,5-6,11-12,15-16H,3-4,7-8H2,1H3. The van der Waals surface area contributed by atoms with E-state index in [0.717, 1.165) is 5.56 Å². The molecule has 0 aromatic heterocycles. The molecule has 1 saturated carbocycles. The lowest BCUT2D eigenvalue weighted by Crippen LogP contribution is -2.32. The van der Waals surface area contributed by atoms with Gasteiger partial charge in [-0.2, -0.15) is 0 Å². The molecule has 0 radical (unpaired) electrons. The summed E-state index contributed by atoms with van der Waals surface area (Å²) >= 11 is 0. The summed E-state index contributed by atoms with van der Waals surface area (Å²) in [5.41, 5.74) is 0.743. The Bertz CT molecular complexity index is 380. The number of nitrogens with one attached hydrogen (secondary N) is 1. The van der Waals surface area contributed by atoms with Crippen LogP contribution in [-0.4, -0.2) is 30.4 Å². The monoisotopic (exact) mass is 239 g/mol. The van der Waals surface area contributed by atoms with Crippen molar-refractivity contribution in [3.8, 4) is 5.75 Å². The van der Waals surface area contributed by atoms with Gasteiger partial charge in [0.1, 0.15) is 24.3 Å². The van der Waals surface area contributed by atoms with Gasteiger partial charge in [-0.15, -0.1) is 0 Å². The molecule has 2 N–H and O–H groups in total. The summed E-state index contributed by atoms with van der Waals surface area (Å²) in [6.07, 6.45) is 1.87. The van der Waals surface area contributed by atoms with Crippen LogP contribution in [0.4, 0.5) is 4.39 Å². The fraction of sp³-hybridized carbons (Fsp3) is 0.538. The molecule has 1 aromatic carbocycles. The van der Waals surface area contributed by atoms with E-state index in [1.807, 2.05) is 0 Å². The second-order valence-electron chi connectivity index (χ2n) is 4.56. The second kappa shape index (κ2) is 5.47. The Hall–Kier alpha value is -1.13. The molecule has 1 unspecified atom stereocenters. The first-order valence-electron chi connectivity index (χ1n) is 5.95. The molecule has 0 aliphatic heterocycles. The lowest BCUT2D eigenvalue weighted by molar-refractivity contribution is 0.105. The molecule has 1 fully saturated rings. The summed E-state index contributed by atoms with van der Waals surface area (Å²) in [6.45, 7) is 2.56. The molecule has 1 aromatic rings. The zero-order chi connectivity index (χ0) is 12.3. The Morgan fingerprint density at radius 2 is 2.29 bits per heavy atom. The first-order valence-corrected chi connectivity index (χ1v) is 5.95. The van der Waals surface area contributed by atoms with Gasteiger partial charge in [-0.05, 0) is 43.5 Å². The first kappa shape index (κ1) is 12.3. The SMILES string of the molecule is Cc1cc(F)ccc1OCC(O)CNC1CC1. The van der Waals surface area contributed by atoms with E-state index in [-0.39, 0.29) is 12.4 Å². The highest BCUT2D eigenvalue weighted by atomic mass is 19.1. The minimum atomic E-state index is -0.528. The third-order valence-electron chi connectivity index (χ3n) is 2.79. The minimum Gasteiger partial charge on any atom is -0.491 e. The van der Waals surface area contributed by atoms with E-state index >= 15 is 0 Å². The molecule has 17 heavy (non-hydrogen) atoms. The summed E-state index contributed by atoms with van der Waals surface area (Å²) in [6, 6.07) is 4.95. The van der Waals surface area contributed by atoms with Crippen molar-refractivity contribution in [1.82, 2.24) is 5.32 Å². The Labute approximate surface area is 101 Å². The number of aliphatic hydroxyl groups is 1.